The average molecular weight is 704 g/mol. The van der Waals surface area contributed by atoms with E-state index in [-0.39, 0.29) is 11.3 Å². The zero-order valence-corrected chi connectivity index (χ0v) is 31.7. The molecule has 0 saturated carbocycles. The summed E-state index contributed by atoms with van der Waals surface area (Å²) in [5.41, 5.74) is 16.7. The fraction of sp³-hybridized carbons (Fsp3) is 0.250. The second-order valence-electron chi connectivity index (χ2n) is 14.5. The van der Waals surface area contributed by atoms with Crippen LogP contribution in [0.4, 0.5) is 17.1 Å². The van der Waals surface area contributed by atoms with Crippen molar-refractivity contribution in [2.75, 3.05) is 33.3 Å². The molecule has 0 heterocycles. The maximum Gasteiger partial charge on any atom is 0.0713 e. The average Bonchev–Trinajstić information content (AvgIpc) is 3.40. The minimum Gasteiger partial charge on any atom is -0.380 e. The van der Waals surface area contributed by atoms with E-state index in [9.17, 15) is 0 Å². The Morgan fingerprint density at radius 2 is 0.755 bits per heavy atom. The molecule has 53 heavy (non-hydrogen) atoms. The standard InChI is InChI=1S/C48H49NO4/c1-48(2)45-27-39(47(37-15-7-33(8-16-37)29-50-3)38-17-9-34(10-18-38)30-51-4)19-25-43(45)44-26-24-42(28-46(44)48)49(40-20-11-35(12-21-40)31-52-5)41-22-13-36(14-23-41)32-53-6/h7-28,47H,29-32H2,1-6H3. The highest BCUT2D eigenvalue weighted by Gasteiger charge is 2.37. The minimum absolute atomic E-state index is 0.0706. The van der Waals surface area contributed by atoms with Gasteiger partial charge in [-0.05, 0) is 97.6 Å². The molecule has 0 aromatic heterocycles. The minimum atomic E-state index is -0.220. The molecule has 270 valence electrons. The smallest absolute Gasteiger partial charge is 0.0713 e. The fourth-order valence-corrected chi connectivity index (χ4v) is 7.85. The SMILES string of the molecule is COCc1ccc(C(c2ccc(COC)cc2)c2ccc3c(c2)C(C)(C)c2cc(N(c4ccc(COC)cc4)c4ccc(COC)cc4)ccc2-3)cc1. The molecule has 1 aliphatic rings. The van der Waals surface area contributed by atoms with E-state index in [1.165, 1.54) is 38.9 Å². The maximum absolute atomic E-state index is 5.41. The molecule has 6 aromatic rings. The Labute approximate surface area is 314 Å². The summed E-state index contributed by atoms with van der Waals surface area (Å²) in [7, 11) is 6.95. The van der Waals surface area contributed by atoms with Gasteiger partial charge in [-0.3, -0.25) is 0 Å². The lowest BCUT2D eigenvalue weighted by Crippen LogP contribution is -2.17. The normalized spacial score (nSPS) is 12.9. The zero-order chi connectivity index (χ0) is 37.0. The molecule has 5 nitrogen and oxygen atoms in total. The molecule has 0 amide bonds. The molecule has 0 unspecified atom stereocenters. The number of ether oxygens (including phenoxy) is 4. The first kappa shape index (κ1) is 36.3. The monoisotopic (exact) mass is 703 g/mol. The molecule has 0 spiro atoms. The quantitative estimate of drug-likeness (QED) is 0.106. The van der Waals surface area contributed by atoms with Crippen molar-refractivity contribution >= 4 is 17.1 Å². The molecule has 0 saturated heterocycles. The lowest BCUT2D eigenvalue weighted by atomic mass is 9.79. The van der Waals surface area contributed by atoms with Gasteiger partial charge < -0.3 is 23.8 Å². The van der Waals surface area contributed by atoms with Crippen LogP contribution in [-0.4, -0.2) is 28.4 Å². The van der Waals surface area contributed by atoms with E-state index >= 15 is 0 Å². The van der Waals surface area contributed by atoms with E-state index in [4.69, 9.17) is 18.9 Å². The summed E-state index contributed by atoms with van der Waals surface area (Å²) >= 11 is 0. The Hall–Kier alpha value is -5.04. The van der Waals surface area contributed by atoms with Gasteiger partial charge in [-0.15, -0.1) is 0 Å². The molecule has 5 heteroatoms. The molecule has 0 fully saturated rings. The van der Waals surface area contributed by atoms with Crippen LogP contribution in [0.2, 0.25) is 0 Å². The summed E-state index contributed by atoms with van der Waals surface area (Å²) in [5.74, 6) is 0.0706. The number of hydrogen-bond acceptors (Lipinski definition) is 5. The van der Waals surface area contributed by atoms with E-state index in [1.807, 2.05) is 0 Å². The van der Waals surface area contributed by atoms with E-state index in [1.54, 1.807) is 28.4 Å². The van der Waals surface area contributed by atoms with Gasteiger partial charge in [0.2, 0.25) is 0 Å². The summed E-state index contributed by atoms with van der Waals surface area (Å²) in [4.78, 5) is 2.34. The summed E-state index contributed by atoms with van der Waals surface area (Å²) in [5, 5.41) is 0. The zero-order valence-electron chi connectivity index (χ0n) is 31.7. The number of benzene rings is 6. The van der Waals surface area contributed by atoms with Gasteiger partial charge in [-0.25, -0.2) is 0 Å². The Morgan fingerprint density at radius 1 is 0.415 bits per heavy atom. The van der Waals surface area contributed by atoms with Gasteiger partial charge in [0.1, 0.15) is 0 Å². The van der Waals surface area contributed by atoms with Gasteiger partial charge in [-0.2, -0.15) is 0 Å². The molecular weight excluding hydrogens is 655 g/mol. The Bertz CT molecular complexity index is 1880. The lowest BCUT2D eigenvalue weighted by molar-refractivity contribution is 0.185. The molecule has 0 N–H and O–H groups in total. The van der Waals surface area contributed by atoms with E-state index in [2.05, 4.69) is 152 Å². The highest BCUT2D eigenvalue weighted by atomic mass is 16.5. The highest BCUT2D eigenvalue weighted by Crippen LogP contribution is 2.52. The summed E-state index contributed by atoms with van der Waals surface area (Å²) in [6.07, 6.45) is 0. The van der Waals surface area contributed by atoms with Crippen LogP contribution in [-0.2, 0) is 50.8 Å². The predicted octanol–water partition coefficient (Wildman–Crippen LogP) is 11.2. The van der Waals surface area contributed by atoms with Crippen molar-refractivity contribution in [3.8, 4) is 11.1 Å². The molecule has 7 rings (SSSR count). The van der Waals surface area contributed by atoms with Crippen molar-refractivity contribution in [3.05, 3.63) is 184 Å². The number of anilines is 3. The first-order chi connectivity index (χ1) is 25.8. The van der Waals surface area contributed by atoms with Crippen molar-refractivity contribution in [1.82, 2.24) is 0 Å². The summed E-state index contributed by atoms with van der Waals surface area (Å²) < 4.78 is 21.6. The first-order valence-corrected chi connectivity index (χ1v) is 18.3. The summed E-state index contributed by atoms with van der Waals surface area (Å²) in [6.45, 7) is 7.08. The van der Waals surface area contributed by atoms with E-state index < -0.39 is 0 Å². The third-order valence-electron chi connectivity index (χ3n) is 10.5. The van der Waals surface area contributed by atoms with Gasteiger partial charge in [-0.1, -0.05) is 111 Å². The van der Waals surface area contributed by atoms with Crippen molar-refractivity contribution in [1.29, 1.82) is 0 Å². The number of methoxy groups -OCH3 is 4. The van der Waals surface area contributed by atoms with E-state index in [0.717, 1.165) is 39.3 Å². The number of rotatable bonds is 14. The Morgan fingerprint density at radius 3 is 1.17 bits per heavy atom. The maximum atomic E-state index is 5.41. The Balaban J connectivity index is 1.29. The van der Waals surface area contributed by atoms with Crippen molar-refractivity contribution < 1.29 is 18.9 Å². The van der Waals surface area contributed by atoms with Crippen LogP contribution < -0.4 is 4.90 Å². The predicted molar refractivity (Wildman–Crippen MR) is 215 cm³/mol. The van der Waals surface area contributed by atoms with Gasteiger partial charge in [0.05, 0.1) is 26.4 Å². The number of hydrogen-bond donors (Lipinski definition) is 0. The van der Waals surface area contributed by atoms with Crippen LogP contribution in [0.5, 0.6) is 0 Å². The second-order valence-corrected chi connectivity index (χ2v) is 14.5. The van der Waals surface area contributed by atoms with Crippen molar-refractivity contribution in [3.63, 3.8) is 0 Å². The third-order valence-corrected chi connectivity index (χ3v) is 10.5. The molecule has 0 bridgehead atoms. The van der Waals surface area contributed by atoms with Crippen LogP contribution in [0.25, 0.3) is 11.1 Å². The number of nitrogens with zero attached hydrogens (tertiary/aromatic N) is 1. The molecule has 1 aliphatic carbocycles. The Kier molecular flexibility index (Phi) is 10.9. The third kappa shape index (κ3) is 7.44. The van der Waals surface area contributed by atoms with E-state index in [0.29, 0.717) is 26.4 Å². The second kappa shape index (κ2) is 15.9. The van der Waals surface area contributed by atoms with Gasteiger partial charge in [0.15, 0.2) is 0 Å². The lowest BCUT2D eigenvalue weighted by Gasteiger charge is -2.28. The van der Waals surface area contributed by atoms with Crippen molar-refractivity contribution in [2.45, 2.75) is 51.6 Å². The molecule has 0 atom stereocenters. The molecule has 0 aliphatic heterocycles. The number of fused-ring (bicyclic) bond motifs is 3. The fourth-order valence-electron chi connectivity index (χ4n) is 7.85. The summed E-state index contributed by atoms with van der Waals surface area (Å²) in [6, 6.07) is 49.1. The van der Waals surface area contributed by atoms with Gasteiger partial charge >= 0.3 is 0 Å². The van der Waals surface area contributed by atoms with Crippen LogP contribution >= 0.6 is 0 Å². The highest BCUT2D eigenvalue weighted by molar-refractivity contribution is 5.86. The topological polar surface area (TPSA) is 40.2 Å². The largest absolute Gasteiger partial charge is 0.380 e. The van der Waals surface area contributed by atoms with Crippen molar-refractivity contribution in [2.24, 2.45) is 0 Å². The molecular formula is C48H49NO4. The van der Waals surface area contributed by atoms with Crippen LogP contribution in [0, 0.1) is 0 Å². The van der Waals surface area contributed by atoms with Crippen LogP contribution in [0.15, 0.2) is 133 Å². The molecule has 0 radical (unpaired) electrons. The van der Waals surface area contributed by atoms with Gasteiger partial charge in [0, 0.05) is 56.8 Å². The molecule has 6 aromatic carbocycles. The van der Waals surface area contributed by atoms with Gasteiger partial charge in [0.25, 0.3) is 0 Å². The van der Waals surface area contributed by atoms with Crippen LogP contribution in [0.3, 0.4) is 0 Å². The van der Waals surface area contributed by atoms with Crippen LogP contribution in [0.1, 0.15) is 69.8 Å². The first-order valence-electron chi connectivity index (χ1n) is 18.3.